The van der Waals surface area contributed by atoms with Gasteiger partial charge in [0, 0.05) is 12.5 Å². The molecule has 0 spiro atoms. The van der Waals surface area contributed by atoms with E-state index in [0.717, 1.165) is 18.3 Å². The second kappa shape index (κ2) is 4.31. The third-order valence-electron chi connectivity index (χ3n) is 3.59. The van der Waals surface area contributed by atoms with Gasteiger partial charge in [0.25, 0.3) is 0 Å². The minimum absolute atomic E-state index is 0.768. The van der Waals surface area contributed by atoms with E-state index in [2.05, 4.69) is 37.4 Å². The Hall–Kier alpha value is -0.560. The summed E-state index contributed by atoms with van der Waals surface area (Å²) in [5.41, 5.74) is 1.60. The van der Waals surface area contributed by atoms with Gasteiger partial charge in [-0.1, -0.05) is 44.1 Å². The maximum atomic E-state index is 3.51. The Balaban J connectivity index is 2.12. The van der Waals surface area contributed by atoms with Crippen LogP contribution in [-0.4, -0.2) is 13.1 Å². The quantitative estimate of drug-likeness (QED) is 0.706. The van der Waals surface area contributed by atoms with Gasteiger partial charge in [0.1, 0.15) is 0 Å². The highest BCUT2D eigenvalue weighted by atomic mass is 14.9. The molecule has 1 fully saturated rings. The second-order valence-corrected chi connectivity index (χ2v) is 4.47. The van der Waals surface area contributed by atoms with Crippen molar-refractivity contribution in [1.82, 2.24) is 5.32 Å². The van der Waals surface area contributed by atoms with E-state index in [9.17, 15) is 0 Å². The molecule has 0 aromatic heterocycles. The Labute approximate surface area is 87.3 Å². The van der Waals surface area contributed by atoms with Crippen LogP contribution >= 0.6 is 0 Å². The maximum Gasteiger partial charge on any atom is 0.00204 e. The first kappa shape index (κ1) is 9.97. The zero-order valence-corrected chi connectivity index (χ0v) is 9.22. The van der Waals surface area contributed by atoms with Crippen LogP contribution in [0.1, 0.15) is 26.7 Å². The summed E-state index contributed by atoms with van der Waals surface area (Å²) in [6, 6.07) is 0. The van der Waals surface area contributed by atoms with Crippen LogP contribution in [0.3, 0.4) is 0 Å². The molecule has 1 nitrogen and oxygen atoms in total. The highest BCUT2D eigenvalue weighted by Gasteiger charge is 2.30. The normalized spacial score (nSPS) is 33.4. The van der Waals surface area contributed by atoms with Crippen LogP contribution in [0, 0.1) is 17.8 Å². The standard InChI is InChI=1S/C13H20N/c1-3-11-8-14-9-13(11)12-7-5-4-6-10(12)2/h4-5,7,11,13-14H,3,6,8-9H2,1-2H3/t11-,13+/m1/s1. The van der Waals surface area contributed by atoms with Gasteiger partial charge in [-0.05, 0) is 24.8 Å². The average molecular weight is 190 g/mol. The monoisotopic (exact) mass is 190 g/mol. The predicted molar refractivity (Wildman–Crippen MR) is 60.9 cm³/mol. The molecule has 0 unspecified atom stereocenters. The highest BCUT2D eigenvalue weighted by Crippen LogP contribution is 2.35. The molecule has 1 aliphatic heterocycles. The van der Waals surface area contributed by atoms with Crippen LogP contribution in [0.25, 0.3) is 0 Å². The minimum atomic E-state index is 0.768. The molecule has 2 atom stereocenters. The van der Waals surface area contributed by atoms with Crippen LogP contribution < -0.4 is 5.32 Å². The zero-order valence-electron chi connectivity index (χ0n) is 9.22. The SMILES string of the molecule is CC[C@@H]1CNC[C@@H]1C1=CC=CC[C]1C. The molecule has 0 saturated carbocycles. The summed E-state index contributed by atoms with van der Waals surface area (Å²) in [6.07, 6.45) is 9.24. The number of nitrogens with one attached hydrogen (secondary N) is 1. The van der Waals surface area contributed by atoms with Gasteiger partial charge in [-0.25, -0.2) is 0 Å². The molecule has 0 aromatic rings. The molecule has 1 heterocycles. The van der Waals surface area contributed by atoms with Gasteiger partial charge in [-0.2, -0.15) is 0 Å². The smallest absolute Gasteiger partial charge is 0.00204 e. The zero-order chi connectivity index (χ0) is 9.97. The van der Waals surface area contributed by atoms with Crippen molar-refractivity contribution in [3.8, 4) is 0 Å². The van der Waals surface area contributed by atoms with Gasteiger partial charge in [-0.15, -0.1) is 0 Å². The second-order valence-electron chi connectivity index (χ2n) is 4.47. The van der Waals surface area contributed by atoms with Gasteiger partial charge in [-0.3, -0.25) is 0 Å². The lowest BCUT2D eigenvalue weighted by Crippen LogP contribution is -2.18. The molecule has 1 saturated heterocycles. The Morgan fingerprint density at radius 1 is 1.43 bits per heavy atom. The largest absolute Gasteiger partial charge is 0.316 e. The molecule has 1 heteroatoms. The third-order valence-corrected chi connectivity index (χ3v) is 3.59. The van der Waals surface area contributed by atoms with Crippen molar-refractivity contribution in [2.75, 3.05) is 13.1 Å². The summed E-state index contributed by atoms with van der Waals surface area (Å²) >= 11 is 0. The van der Waals surface area contributed by atoms with Crippen molar-refractivity contribution >= 4 is 0 Å². The summed E-state index contributed by atoms with van der Waals surface area (Å²) in [6.45, 7) is 6.96. The van der Waals surface area contributed by atoms with Crippen molar-refractivity contribution < 1.29 is 0 Å². The van der Waals surface area contributed by atoms with Gasteiger partial charge in [0.2, 0.25) is 0 Å². The molecule has 77 valence electrons. The van der Waals surface area contributed by atoms with Crippen molar-refractivity contribution in [3.05, 3.63) is 29.7 Å². The predicted octanol–water partition coefficient (Wildman–Crippen LogP) is 2.71. The van der Waals surface area contributed by atoms with E-state index in [1.54, 1.807) is 11.5 Å². The number of hydrogen-bond acceptors (Lipinski definition) is 1. The van der Waals surface area contributed by atoms with Crippen molar-refractivity contribution in [1.29, 1.82) is 0 Å². The van der Waals surface area contributed by atoms with E-state index in [4.69, 9.17) is 0 Å². The van der Waals surface area contributed by atoms with Crippen LogP contribution in [0.2, 0.25) is 0 Å². The van der Waals surface area contributed by atoms with Gasteiger partial charge < -0.3 is 5.32 Å². The summed E-state index contributed by atoms with van der Waals surface area (Å²) < 4.78 is 0. The molecule has 1 radical (unpaired) electrons. The fourth-order valence-electron chi connectivity index (χ4n) is 2.64. The first-order chi connectivity index (χ1) is 6.83. The molecule has 2 aliphatic rings. The van der Waals surface area contributed by atoms with E-state index >= 15 is 0 Å². The number of hydrogen-bond donors (Lipinski definition) is 1. The van der Waals surface area contributed by atoms with Gasteiger partial charge in [0.15, 0.2) is 0 Å². The Bertz CT molecular complexity index is 252. The summed E-state index contributed by atoms with van der Waals surface area (Å²) in [5.74, 6) is 3.19. The van der Waals surface area contributed by atoms with Gasteiger partial charge >= 0.3 is 0 Å². The van der Waals surface area contributed by atoms with Crippen molar-refractivity contribution in [2.24, 2.45) is 11.8 Å². The van der Waals surface area contributed by atoms with E-state index in [-0.39, 0.29) is 0 Å². The Morgan fingerprint density at radius 3 is 3.00 bits per heavy atom. The average Bonchev–Trinajstić information content (AvgIpc) is 2.66. The minimum Gasteiger partial charge on any atom is -0.316 e. The fourth-order valence-corrected chi connectivity index (χ4v) is 2.64. The van der Waals surface area contributed by atoms with Crippen LogP contribution in [-0.2, 0) is 0 Å². The molecular weight excluding hydrogens is 170 g/mol. The van der Waals surface area contributed by atoms with Gasteiger partial charge in [0.05, 0.1) is 0 Å². The van der Waals surface area contributed by atoms with Crippen molar-refractivity contribution in [3.63, 3.8) is 0 Å². The summed E-state index contributed by atoms with van der Waals surface area (Å²) in [4.78, 5) is 0. The summed E-state index contributed by atoms with van der Waals surface area (Å²) in [7, 11) is 0. The highest BCUT2D eigenvalue weighted by molar-refractivity contribution is 5.35. The molecule has 1 N–H and O–H groups in total. The lowest BCUT2D eigenvalue weighted by Gasteiger charge is -2.26. The van der Waals surface area contributed by atoms with Crippen LogP contribution in [0.15, 0.2) is 23.8 Å². The lowest BCUT2D eigenvalue weighted by molar-refractivity contribution is 0.454. The van der Waals surface area contributed by atoms with Crippen molar-refractivity contribution in [2.45, 2.75) is 26.7 Å². The third kappa shape index (κ3) is 1.78. The van der Waals surface area contributed by atoms with E-state index in [0.29, 0.717) is 0 Å². The number of allylic oxidation sites excluding steroid dienone is 3. The van der Waals surface area contributed by atoms with Crippen LogP contribution in [0.5, 0.6) is 0 Å². The Morgan fingerprint density at radius 2 is 2.29 bits per heavy atom. The van der Waals surface area contributed by atoms with E-state index in [1.807, 2.05) is 0 Å². The summed E-state index contributed by atoms with van der Waals surface area (Å²) in [5, 5.41) is 3.51. The molecule has 14 heavy (non-hydrogen) atoms. The first-order valence-corrected chi connectivity index (χ1v) is 5.73. The molecule has 0 aromatic carbocycles. The molecular formula is C13H20N. The fraction of sp³-hybridized carbons (Fsp3) is 0.615. The van der Waals surface area contributed by atoms with Crippen LogP contribution in [0.4, 0.5) is 0 Å². The molecule has 2 rings (SSSR count). The molecule has 0 amide bonds. The topological polar surface area (TPSA) is 12.0 Å². The van der Waals surface area contributed by atoms with E-state index < -0.39 is 0 Å². The number of rotatable bonds is 2. The maximum absolute atomic E-state index is 3.51. The van der Waals surface area contributed by atoms with E-state index in [1.165, 1.54) is 19.5 Å². The Kier molecular flexibility index (Phi) is 3.07. The lowest BCUT2D eigenvalue weighted by atomic mass is 9.78. The molecule has 1 aliphatic carbocycles. The first-order valence-electron chi connectivity index (χ1n) is 5.73. The molecule has 0 bridgehead atoms.